The van der Waals surface area contributed by atoms with Crippen LogP contribution in [0.4, 0.5) is 23.7 Å². The average Bonchev–Trinajstić information content (AvgIpc) is 3.37. The summed E-state index contributed by atoms with van der Waals surface area (Å²) in [6.07, 6.45) is -2.33. The van der Waals surface area contributed by atoms with E-state index in [0.29, 0.717) is 28.6 Å². The lowest BCUT2D eigenvalue weighted by atomic mass is 10.1. The molecule has 3 aromatic rings. The van der Waals surface area contributed by atoms with Crippen LogP contribution in [0.15, 0.2) is 48.7 Å². The first-order chi connectivity index (χ1) is 18.5. The van der Waals surface area contributed by atoms with E-state index in [-0.39, 0.29) is 43.2 Å². The standard InChI is InChI=1S/C26H25F3N4O6/c27-26(28,29)39-18-3-1-2-16(11-18)31-24(36)22-9-14-8-21(14)33(22)23(35)10-15-13-32(25(30)37)20-5-4-17(12-19(15)20)38-7-6-34/h1-5,11-14,21-22,34H,6-10H2,(H2,30,37)(H,31,36)/t14-,21-,22+/m1/s1. The van der Waals surface area contributed by atoms with Gasteiger partial charge in [0.15, 0.2) is 0 Å². The number of anilines is 1. The van der Waals surface area contributed by atoms with E-state index in [4.69, 9.17) is 15.6 Å². The highest BCUT2D eigenvalue weighted by atomic mass is 19.4. The summed E-state index contributed by atoms with van der Waals surface area (Å²) in [5, 5.41) is 12.2. The van der Waals surface area contributed by atoms with Crippen molar-refractivity contribution in [1.82, 2.24) is 9.47 Å². The Bertz CT molecular complexity index is 1440. The van der Waals surface area contributed by atoms with Gasteiger partial charge in [-0.1, -0.05) is 6.07 Å². The van der Waals surface area contributed by atoms with Crippen molar-refractivity contribution < 1.29 is 42.1 Å². The Hall–Kier alpha value is -4.26. The number of likely N-dealkylation sites (tertiary alicyclic amines) is 1. The number of aromatic nitrogens is 1. The van der Waals surface area contributed by atoms with E-state index in [1.54, 1.807) is 18.2 Å². The second-order valence-electron chi connectivity index (χ2n) is 9.47. The lowest BCUT2D eigenvalue weighted by molar-refractivity contribution is -0.274. The summed E-state index contributed by atoms with van der Waals surface area (Å²) in [5.41, 5.74) is 6.60. The van der Waals surface area contributed by atoms with Crippen LogP contribution in [0.5, 0.6) is 11.5 Å². The van der Waals surface area contributed by atoms with Gasteiger partial charge in [0.1, 0.15) is 24.1 Å². The molecule has 2 aliphatic rings. The third-order valence-electron chi connectivity index (χ3n) is 6.83. The molecule has 1 saturated carbocycles. The summed E-state index contributed by atoms with van der Waals surface area (Å²) in [5.74, 6) is -0.728. The molecule has 13 heteroatoms. The summed E-state index contributed by atoms with van der Waals surface area (Å²) >= 11 is 0. The number of nitrogens with one attached hydrogen (secondary N) is 1. The number of nitrogens with zero attached hydrogens (tertiary/aromatic N) is 2. The van der Waals surface area contributed by atoms with E-state index in [1.165, 1.54) is 27.8 Å². The summed E-state index contributed by atoms with van der Waals surface area (Å²) in [7, 11) is 0. The molecule has 4 N–H and O–H groups in total. The molecule has 0 spiro atoms. The second-order valence-corrected chi connectivity index (χ2v) is 9.47. The molecule has 2 heterocycles. The quantitative estimate of drug-likeness (QED) is 0.398. The molecule has 0 radical (unpaired) electrons. The van der Waals surface area contributed by atoms with Crippen molar-refractivity contribution in [3.8, 4) is 11.5 Å². The van der Waals surface area contributed by atoms with E-state index in [1.807, 2.05) is 0 Å². The largest absolute Gasteiger partial charge is 0.573 e. The van der Waals surface area contributed by atoms with Crippen LogP contribution in [0.1, 0.15) is 18.4 Å². The number of aliphatic hydroxyl groups is 1. The summed E-state index contributed by atoms with van der Waals surface area (Å²) < 4.78 is 48.3. The average molecular weight is 547 g/mol. The number of hydrogen-bond donors (Lipinski definition) is 3. The number of fused-ring (bicyclic) bond motifs is 2. The highest BCUT2D eigenvalue weighted by Gasteiger charge is 2.55. The molecular weight excluding hydrogens is 521 g/mol. The highest BCUT2D eigenvalue weighted by molar-refractivity contribution is 6.00. The fraction of sp³-hybridized carbons (Fsp3) is 0.346. The first kappa shape index (κ1) is 26.4. The maximum absolute atomic E-state index is 13.5. The Morgan fingerprint density at radius 2 is 1.90 bits per heavy atom. The van der Waals surface area contributed by atoms with Gasteiger partial charge in [0.05, 0.1) is 18.5 Å². The minimum Gasteiger partial charge on any atom is -0.491 e. The third-order valence-corrected chi connectivity index (χ3v) is 6.83. The molecule has 0 unspecified atom stereocenters. The number of nitrogens with two attached hydrogens (primary N) is 1. The predicted octanol–water partition coefficient (Wildman–Crippen LogP) is 3.01. The lowest BCUT2D eigenvalue weighted by Gasteiger charge is -2.27. The van der Waals surface area contributed by atoms with Gasteiger partial charge in [-0.25, -0.2) is 4.79 Å². The van der Waals surface area contributed by atoms with Crippen LogP contribution in [-0.2, 0) is 16.0 Å². The molecule has 39 heavy (non-hydrogen) atoms. The van der Waals surface area contributed by atoms with Crippen LogP contribution in [0.25, 0.3) is 10.9 Å². The highest BCUT2D eigenvalue weighted by Crippen LogP contribution is 2.48. The van der Waals surface area contributed by atoms with Crippen LogP contribution in [0, 0.1) is 5.92 Å². The zero-order chi connectivity index (χ0) is 27.9. The first-order valence-electron chi connectivity index (χ1n) is 12.2. The SMILES string of the molecule is NC(=O)n1cc(CC(=O)N2[C@@H]3C[C@@H]3C[C@H]2C(=O)Nc2cccc(OC(F)(F)F)c2)c2cc(OCCO)ccc21. The van der Waals surface area contributed by atoms with Crippen molar-refractivity contribution >= 4 is 34.4 Å². The van der Waals surface area contributed by atoms with Crippen molar-refractivity contribution in [3.05, 3.63) is 54.2 Å². The Labute approximate surface area is 220 Å². The van der Waals surface area contributed by atoms with Crippen molar-refractivity contribution in [2.75, 3.05) is 18.5 Å². The molecule has 5 rings (SSSR count). The number of alkyl halides is 3. The number of ether oxygens (including phenoxy) is 2. The fourth-order valence-corrected chi connectivity index (χ4v) is 5.15. The Morgan fingerprint density at radius 1 is 1.10 bits per heavy atom. The Morgan fingerprint density at radius 3 is 2.62 bits per heavy atom. The van der Waals surface area contributed by atoms with Gasteiger partial charge < -0.3 is 30.5 Å². The fourth-order valence-electron chi connectivity index (χ4n) is 5.15. The van der Waals surface area contributed by atoms with Crippen LogP contribution in [-0.4, -0.2) is 64.1 Å². The molecule has 1 aromatic heterocycles. The molecule has 10 nitrogen and oxygen atoms in total. The topological polar surface area (TPSA) is 136 Å². The minimum atomic E-state index is -4.87. The van der Waals surface area contributed by atoms with Gasteiger partial charge in [-0.15, -0.1) is 13.2 Å². The second kappa shape index (κ2) is 10.1. The van der Waals surface area contributed by atoms with Gasteiger partial charge in [0.25, 0.3) is 0 Å². The number of carbonyl (C=O) groups is 3. The maximum Gasteiger partial charge on any atom is 0.573 e. The lowest BCUT2D eigenvalue weighted by Crippen LogP contribution is -2.46. The van der Waals surface area contributed by atoms with Gasteiger partial charge in [-0.05, 0) is 54.7 Å². The van der Waals surface area contributed by atoms with Gasteiger partial charge in [0.2, 0.25) is 11.8 Å². The molecule has 2 fully saturated rings. The molecule has 3 atom stereocenters. The monoisotopic (exact) mass is 546 g/mol. The van der Waals surface area contributed by atoms with E-state index < -0.39 is 30.1 Å². The van der Waals surface area contributed by atoms with Crippen LogP contribution in [0.2, 0.25) is 0 Å². The van der Waals surface area contributed by atoms with Crippen molar-refractivity contribution in [1.29, 1.82) is 0 Å². The van der Waals surface area contributed by atoms with Crippen LogP contribution < -0.4 is 20.5 Å². The number of rotatable bonds is 8. The van der Waals surface area contributed by atoms with Gasteiger partial charge in [-0.2, -0.15) is 0 Å². The number of carbonyl (C=O) groups excluding carboxylic acids is 3. The molecular formula is C26H25F3N4O6. The molecule has 1 aliphatic carbocycles. The van der Waals surface area contributed by atoms with Gasteiger partial charge >= 0.3 is 12.4 Å². The van der Waals surface area contributed by atoms with E-state index >= 15 is 0 Å². The van der Waals surface area contributed by atoms with Gasteiger partial charge in [-0.3, -0.25) is 14.2 Å². The summed E-state index contributed by atoms with van der Waals surface area (Å²) in [6, 6.07) is 8.17. The Kier molecular flexibility index (Phi) is 6.85. The number of piperidine rings is 1. The van der Waals surface area contributed by atoms with Crippen LogP contribution in [0.3, 0.4) is 0 Å². The molecule has 1 aliphatic heterocycles. The van der Waals surface area contributed by atoms with Crippen molar-refractivity contribution in [2.24, 2.45) is 11.7 Å². The number of benzene rings is 2. The molecule has 2 aromatic carbocycles. The van der Waals surface area contributed by atoms with Crippen molar-refractivity contribution in [3.63, 3.8) is 0 Å². The number of amides is 3. The maximum atomic E-state index is 13.5. The van der Waals surface area contributed by atoms with Gasteiger partial charge in [0, 0.05) is 29.4 Å². The normalized spacial score (nSPS) is 20.0. The summed E-state index contributed by atoms with van der Waals surface area (Å²) in [4.78, 5) is 40.2. The number of hydrogen-bond acceptors (Lipinski definition) is 6. The van der Waals surface area contributed by atoms with E-state index in [9.17, 15) is 27.6 Å². The molecule has 206 valence electrons. The van der Waals surface area contributed by atoms with E-state index in [2.05, 4.69) is 10.1 Å². The van der Waals surface area contributed by atoms with Crippen LogP contribution >= 0.6 is 0 Å². The minimum absolute atomic E-state index is 0.0647. The third kappa shape index (κ3) is 5.62. The van der Waals surface area contributed by atoms with E-state index in [0.717, 1.165) is 18.6 Å². The molecule has 1 saturated heterocycles. The number of halogens is 3. The zero-order valence-corrected chi connectivity index (χ0v) is 20.5. The number of primary amides is 1. The molecule has 0 bridgehead atoms. The first-order valence-corrected chi connectivity index (χ1v) is 12.2. The zero-order valence-electron chi connectivity index (χ0n) is 20.5. The molecule has 3 amide bonds. The smallest absolute Gasteiger partial charge is 0.491 e. The number of aliphatic hydroxyl groups excluding tert-OH is 1. The van der Waals surface area contributed by atoms with Crippen molar-refractivity contribution in [2.45, 2.75) is 37.7 Å². The summed E-state index contributed by atoms with van der Waals surface area (Å²) in [6.45, 7) is -0.124. The predicted molar refractivity (Wildman–Crippen MR) is 132 cm³/mol. The Balaban J connectivity index is 1.35.